The fourth-order valence-electron chi connectivity index (χ4n) is 2.78. The molecule has 1 aliphatic heterocycles. The Morgan fingerprint density at radius 1 is 1.21 bits per heavy atom. The van der Waals surface area contributed by atoms with Crippen molar-refractivity contribution in [2.45, 2.75) is 45.8 Å². The zero-order chi connectivity index (χ0) is 21.3. The van der Waals surface area contributed by atoms with Gasteiger partial charge in [0.2, 0.25) is 0 Å². The minimum Gasteiger partial charge on any atom is -0.467 e. The maximum Gasteiger partial charge on any atom is 0.407 e. The highest BCUT2D eigenvalue weighted by Crippen LogP contribution is 2.29. The van der Waals surface area contributed by atoms with Gasteiger partial charge in [-0.05, 0) is 51.3 Å². The topological polar surface area (TPSA) is 93.2 Å². The van der Waals surface area contributed by atoms with Crippen LogP contribution in [-0.4, -0.2) is 51.1 Å². The minimum atomic E-state index is -0.507. The predicted octanol–water partition coefficient (Wildman–Crippen LogP) is 2.31. The van der Waals surface area contributed by atoms with Crippen molar-refractivity contribution in [2.24, 2.45) is 4.99 Å². The minimum absolute atomic E-state index is 0.180. The summed E-state index contributed by atoms with van der Waals surface area (Å²) in [7, 11) is 1.68. The summed E-state index contributed by atoms with van der Waals surface area (Å²) in [6.45, 7) is 7.69. The Morgan fingerprint density at radius 2 is 1.93 bits per heavy atom. The molecule has 0 saturated heterocycles. The molecule has 2 rings (SSSR count). The molecule has 0 atom stereocenters. The fourth-order valence-corrected chi connectivity index (χ4v) is 2.78. The lowest BCUT2D eigenvalue weighted by Crippen LogP contribution is -2.40. The molecule has 0 unspecified atom stereocenters. The van der Waals surface area contributed by atoms with Gasteiger partial charge in [-0.3, -0.25) is 4.99 Å². The molecule has 0 fully saturated rings. The molecule has 1 aromatic rings. The number of aliphatic imine (C=N–C) groups is 1. The zero-order valence-corrected chi connectivity index (χ0v) is 17.6. The van der Waals surface area contributed by atoms with Crippen molar-refractivity contribution in [1.29, 1.82) is 0 Å². The molecule has 8 nitrogen and oxygen atoms in total. The van der Waals surface area contributed by atoms with E-state index in [9.17, 15) is 9.18 Å². The maximum absolute atomic E-state index is 13.8. The molecular weight excluding hydrogens is 379 g/mol. The summed E-state index contributed by atoms with van der Waals surface area (Å²) in [6, 6.07) is 2.93. The number of halogens is 1. The van der Waals surface area contributed by atoms with E-state index in [1.54, 1.807) is 7.05 Å². The molecule has 0 aliphatic carbocycles. The van der Waals surface area contributed by atoms with Gasteiger partial charge in [-0.15, -0.1) is 0 Å². The first-order valence-corrected chi connectivity index (χ1v) is 9.71. The first-order valence-electron chi connectivity index (χ1n) is 9.71. The van der Waals surface area contributed by atoms with Crippen LogP contribution in [0.3, 0.4) is 0 Å². The van der Waals surface area contributed by atoms with Crippen LogP contribution in [0.25, 0.3) is 0 Å². The van der Waals surface area contributed by atoms with Crippen LogP contribution in [-0.2, 0) is 22.5 Å². The van der Waals surface area contributed by atoms with Crippen LogP contribution in [0.15, 0.2) is 17.1 Å². The third kappa shape index (κ3) is 8.15. The van der Waals surface area contributed by atoms with Gasteiger partial charge in [0.25, 0.3) is 0 Å². The van der Waals surface area contributed by atoms with Crippen LogP contribution in [0.4, 0.5) is 9.18 Å². The molecule has 0 saturated carbocycles. The molecule has 1 aromatic carbocycles. The normalized spacial score (nSPS) is 13.9. The number of hydrogen-bond acceptors (Lipinski definition) is 5. The van der Waals surface area contributed by atoms with Crippen molar-refractivity contribution in [1.82, 2.24) is 16.0 Å². The number of nitrogens with zero attached hydrogens (tertiary/aromatic N) is 1. The molecule has 9 heteroatoms. The van der Waals surface area contributed by atoms with Gasteiger partial charge in [-0.1, -0.05) is 0 Å². The van der Waals surface area contributed by atoms with Gasteiger partial charge < -0.3 is 30.2 Å². The van der Waals surface area contributed by atoms with Crippen LogP contribution in [0.1, 0.15) is 38.3 Å². The Kier molecular flexibility index (Phi) is 8.50. The van der Waals surface area contributed by atoms with Gasteiger partial charge in [0.1, 0.15) is 17.2 Å². The quantitative estimate of drug-likeness (QED) is 0.363. The summed E-state index contributed by atoms with van der Waals surface area (Å²) in [5, 5.41) is 9.07. The molecule has 1 heterocycles. The maximum atomic E-state index is 13.8. The van der Waals surface area contributed by atoms with Crippen molar-refractivity contribution < 1.29 is 23.4 Å². The Morgan fingerprint density at radius 3 is 2.66 bits per heavy atom. The summed E-state index contributed by atoms with van der Waals surface area (Å²) in [5.41, 5.74) is 1.02. The Labute approximate surface area is 171 Å². The highest BCUT2D eigenvalue weighted by molar-refractivity contribution is 5.79. The molecule has 0 aromatic heterocycles. The number of benzene rings is 1. The number of alkyl carbamates (subject to hydrolysis) is 1. The summed E-state index contributed by atoms with van der Waals surface area (Å²) in [4.78, 5) is 15.7. The summed E-state index contributed by atoms with van der Waals surface area (Å²) in [5.74, 6) is 1.04. The number of carbonyl (C=O) groups is 1. The number of amides is 1. The summed E-state index contributed by atoms with van der Waals surface area (Å²) >= 11 is 0. The molecule has 29 heavy (non-hydrogen) atoms. The smallest absolute Gasteiger partial charge is 0.407 e. The number of hydrogen-bond donors (Lipinski definition) is 3. The molecule has 0 spiro atoms. The van der Waals surface area contributed by atoms with E-state index in [4.69, 9.17) is 14.2 Å². The van der Waals surface area contributed by atoms with E-state index in [0.717, 1.165) is 11.1 Å². The highest BCUT2D eigenvalue weighted by atomic mass is 19.1. The number of nitrogens with one attached hydrogen (secondary N) is 3. The largest absolute Gasteiger partial charge is 0.467 e. The first-order chi connectivity index (χ1) is 13.8. The van der Waals surface area contributed by atoms with Gasteiger partial charge in [-0.25, -0.2) is 9.18 Å². The van der Waals surface area contributed by atoms with Crippen LogP contribution in [0.2, 0.25) is 0 Å². The average Bonchev–Trinajstić information content (AvgIpc) is 2.64. The van der Waals surface area contributed by atoms with Gasteiger partial charge in [0.05, 0.1) is 6.61 Å². The Balaban J connectivity index is 1.68. The zero-order valence-electron chi connectivity index (χ0n) is 17.6. The molecule has 1 aliphatic rings. The SMILES string of the molecule is CN=C(NCCCNC(=O)OC(C)(C)C)NCCc1cc(F)cc2c1OCOC2. The van der Waals surface area contributed by atoms with E-state index in [0.29, 0.717) is 50.8 Å². The van der Waals surface area contributed by atoms with Crippen molar-refractivity contribution in [3.63, 3.8) is 0 Å². The van der Waals surface area contributed by atoms with Crippen molar-refractivity contribution >= 4 is 12.1 Å². The predicted molar refractivity (Wildman–Crippen MR) is 109 cm³/mol. The van der Waals surface area contributed by atoms with Gasteiger partial charge in [-0.2, -0.15) is 0 Å². The van der Waals surface area contributed by atoms with E-state index in [2.05, 4.69) is 20.9 Å². The van der Waals surface area contributed by atoms with Crippen molar-refractivity contribution in [3.8, 4) is 5.75 Å². The van der Waals surface area contributed by atoms with Gasteiger partial charge >= 0.3 is 6.09 Å². The summed E-state index contributed by atoms with van der Waals surface area (Å²) in [6.07, 6.45) is 0.873. The Bertz CT molecular complexity index is 719. The molecule has 3 N–H and O–H groups in total. The molecular formula is C20H31FN4O4. The second-order valence-electron chi connectivity index (χ2n) is 7.62. The number of rotatable bonds is 7. The van der Waals surface area contributed by atoms with E-state index < -0.39 is 11.7 Å². The van der Waals surface area contributed by atoms with Crippen molar-refractivity contribution in [2.75, 3.05) is 33.5 Å². The molecule has 0 bridgehead atoms. The van der Waals surface area contributed by atoms with Crippen molar-refractivity contribution in [3.05, 3.63) is 29.1 Å². The molecule has 1 amide bonds. The fraction of sp³-hybridized carbons (Fsp3) is 0.600. The lowest BCUT2D eigenvalue weighted by molar-refractivity contribution is -0.0172. The van der Waals surface area contributed by atoms with Crippen LogP contribution in [0, 0.1) is 5.82 Å². The standard InChI is InChI=1S/C20H31FN4O4/c1-20(2,3)29-19(26)25-8-5-7-23-18(22-4)24-9-6-14-10-16(21)11-15-12-27-13-28-17(14)15/h10-11H,5-9,12-13H2,1-4H3,(H,25,26)(H2,22,23,24). The molecule has 0 radical (unpaired) electrons. The van der Waals surface area contributed by atoms with E-state index >= 15 is 0 Å². The van der Waals surface area contributed by atoms with E-state index in [1.807, 2.05) is 20.8 Å². The average molecular weight is 410 g/mol. The lowest BCUT2D eigenvalue weighted by atomic mass is 10.1. The third-order valence-electron chi connectivity index (χ3n) is 3.98. The van der Waals surface area contributed by atoms with E-state index in [1.165, 1.54) is 12.1 Å². The van der Waals surface area contributed by atoms with Crippen LogP contribution in [0.5, 0.6) is 5.75 Å². The second-order valence-corrected chi connectivity index (χ2v) is 7.62. The second kappa shape index (κ2) is 10.8. The monoisotopic (exact) mass is 410 g/mol. The van der Waals surface area contributed by atoms with Gasteiger partial charge in [0, 0.05) is 32.2 Å². The molecule has 162 valence electrons. The highest BCUT2D eigenvalue weighted by Gasteiger charge is 2.17. The number of fused-ring (bicyclic) bond motifs is 1. The van der Waals surface area contributed by atoms with Crippen LogP contribution < -0.4 is 20.7 Å². The summed E-state index contributed by atoms with van der Waals surface area (Å²) < 4.78 is 29.7. The third-order valence-corrected chi connectivity index (χ3v) is 3.98. The van der Waals surface area contributed by atoms with Crippen LogP contribution >= 0.6 is 0 Å². The first kappa shape index (κ1) is 22.7. The number of carbonyl (C=O) groups excluding carboxylic acids is 1. The number of ether oxygens (including phenoxy) is 3. The number of guanidine groups is 1. The van der Waals surface area contributed by atoms with E-state index in [-0.39, 0.29) is 12.6 Å². The Hall–Kier alpha value is -2.55. The lowest BCUT2D eigenvalue weighted by Gasteiger charge is -2.21. The van der Waals surface area contributed by atoms with Gasteiger partial charge in [0.15, 0.2) is 12.8 Å².